The Kier molecular flexibility index (Phi) is 1.70. The van der Waals surface area contributed by atoms with Gasteiger partial charge in [-0.05, 0) is 12.8 Å². The van der Waals surface area contributed by atoms with E-state index in [4.69, 9.17) is 0 Å². The molecule has 0 atom stereocenters. The molecule has 0 bridgehead atoms. The minimum atomic E-state index is 0.804. The molecule has 1 nitrogen and oxygen atoms in total. The van der Waals surface area contributed by atoms with Crippen molar-refractivity contribution < 1.29 is 0 Å². The van der Waals surface area contributed by atoms with E-state index < -0.39 is 0 Å². The number of nitrogens with zero attached hydrogens (tertiary/aromatic N) is 1. The van der Waals surface area contributed by atoms with Crippen molar-refractivity contribution >= 4 is 24.0 Å². The normalized spacial score (nSPS) is 17.7. The van der Waals surface area contributed by atoms with Crippen LogP contribution in [0.15, 0.2) is 6.20 Å². The Labute approximate surface area is 69.9 Å². The Morgan fingerprint density at radius 3 is 3.00 bits per heavy atom. The van der Waals surface area contributed by atoms with Gasteiger partial charge in [-0.15, -0.1) is 11.3 Å². The fourth-order valence-electron chi connectivity index (χ4n) is 0.915. The van der Waals surface area contributed by atoms with Crippen molar-refractivity contribution in [3.63, 3.8) is 0 Å². The van der Waals surface area contributed by atoms with Crippen LogP contribution in [0.2, 0.25) is 0 Å². The van der Waals surface area contributed by atoms with Gasteiger partial charge in [-0.25, -0.2) is 4.98 Å². The largest absolute Gasteiger partial charge is 0.249 e. The van der Waals surface area contributed by atoms with E-state index in [1.165, 1.54) is 22.7 Å². The van der Waals surface area contributed by atoms with E-state index in [2.05, 4.69) is 17.6 Å². The third-order valence-corrected chi connectivity index (χ3v) is 3.37. The third kappa shape index (κ3) is 1.20. The minimum Gasteiger partial charge on any atom is -0.249 e. The zero-order valence-corrected chi connectivity index (χ0v) is 7.29. The average Bonchev–Trinajstić information content (AvgIpc) is 2.70. The highest BCUT2D eigenvalue weighted by molar-refractivity contribution is 7.79. The number of hydrogen-bond acceptors (Lipinski definition) is 3. The van der Waals surface area contributed by atoms with Crippen LogP contribution in [0.4, 0.5) is 0 Å². The number of aromatic nitrogens is 1. The predicted octanol–water partition coefficient (Wildman–Crippen LogP) is 2.45. The van der Waals surface area contributed by atoms with E-state index in [-0.39, 0.29) is 0 Å². The zero-order valence-electron chi connectivity index (χ0n) is 5.58. The topological polar surface area (TPSA) is 12.9 Å². The van der Waals surface area contributed by atoms with Crippen molar-refractivity contribution in [2.45, 2.75) is 24.5 Å². The lowest BCUT2D eigenvalue weighted by Crippen LogP contribution is -1.70. The van der Waals surface area contributed by atoms with E-state index in [0.717, 1.165) is 11.7 Å². The van der Waals surface area contributed by atoms with Gasteiger partial charge in [-0.2, -0.15) is 12.6 Å². The maximum atomic E-state index is 4.32. The summed E-state index contributed by atoms with van der Waals surface area (Å²) in [6, 6.07) is 0. The first-order valence-electron chi connectivity index (χ1n) is 3.45. The summed E-state index contributed by atoms with van der Waals surface area (Å²) < 4.78 is 0. The number of hydrogen-bond donors (Lipinski definition) is 1. The highest BCUT2D eigenvalue weighted by atomic mass is 32.1. The molecule has 1 heterocycles. The van der Waals surface area contributed by atoms with Crippen LogP contribution in [0.1, 0.15) is 28.6 Å². The first-order valence-corrected chi connectivity index (χ1v) is 4.90. The van der Waals surface area contributed by atoms with Gasteiger partial charge >= 0.3 is 0 Å². The first-order chi connectivity index (χ1) is 4.90. The van der Waals surface area contributed by atoms with E-state index in [1.807, 2.05) is 17.5 Å². The molecule has 0 amide bonds. The summed E-state index contributed by atoms with van der Waals surface area (Å²) in [6.07, 6.45) is 4.64. The van der Waals surface area contributed by atoms with Crippen LogP contribution in [0, 0.1) is 0 Å². The number of thiazole rings is 1. The third-order valence-electron chi connectivity index (χ3n) is 1.65. The van der Waals surface area contributed by atoms with Crippen molar-refractivity contribution in [2.75, 3.05) is 0 Å². The Bertz CT molecular complexity index is 227. The summed E-state index contributed by atoms with van der Waals surface area (Å²) in [6.45, 7) is 0. The summed E-state index contributed by atoms with van der Waals surface area (Å²) in [4.78, 5) is 5.62. The maximum absolute atomic E-state index is 4.32. The molecule has 1 saturated carbocycles. The van der Waals surface area contributed by atoms with E-state index >= 15 is 0 Å². The van der Waals surface area contributed by atoms with Gasteiger partial charge in [0.1, 0.15) is 0 Å². The van der Waals surface area contributed by atoms with Gasteiger partial charge in [-0.1, -0.05) is 0 Å². The van der Waals surface area contributed by atoms with Crippen LogP contribution in [-0.2, 0) is 5.75 Å². The molecule has 0 unspecified atom stereocenters. The molecule has 1 fully saturated rings. The quantitative estimate of drug-likeness (QED) is 0.674. The SMILES string of the molecule is SCc1cnc(C2CC2)s1. The monoisotopic (exact) mass is 171 g/mol. The first kappa shape index (κ1) is 6.68. The van der Waals surface area contributed by atoms with Crippen molar-refractivity contribution in [1.29, 1.82) is 0 Å². The van der Waals surface area contributed by atoms with Gasteiger partial charge in [-0.3, -0.25) is 0 Å². The predicted molar refractivity (Wildman–Crippen MR) is 46.8 cm³/mol. The molecule has 0 spiro atoms. The summed E-state index contributed by atoms with van der Waals surface area (Å²) in [7, 11) is 0. The molecule has 10 heavy (non-hydrogen) atoms. The van der Waals surface area contributed by atoms with Gasteiger partial charge in [0.25, 0.3) is 0 Å². The second-order valence-corrected chi connectivity index (χ2v) is 4.06. The van der Waals surface area contributed by atoms with Crippen molar-refractivity contribution in [1.82, 2.24) is 4.98 Å². The summed E-state index contributed by atoms with van der Waals surface area (Å²) in [5.74, 6) is 1.64. The molecule has 1 aromatic heterocycles. The molecular formula is C7H9NS2. The summed E-state index contributed by atoms with van der Waals surface area (Å²) in [5.41, 5.74) is 0. The van der Waals surface area contributed by atoms with Crippen molar-refractivity contribution in [3.8, 4) is 0 Å². The van der Waals surface area contributed by atoms with Crippen LogP contribution in [0.25, 0.3) is 0 Å². The Hall–Kier alpha value is -0.0200. The molecular weight excluding hydrogens is 162 g/mol. The highest BCUT2D eigenvalue weighted by Gasteiger charge is 2.26. The molecule has 0 saturated heterocycles. The van der Waals surface area contributed by atoms with Crippen LogP contribution in [0.3, 0.4) is 0 Å². The molecule has 3 heteroatoms. The Balaban J connectivity index is 2.19. The van der Waals surface area contributed by atoms with Gasteiger partial charge in [0.2, 0.25) is 0 Å². The van der Waals surface area contributed by atoms with Crippen molar-refractivity contribution in [2.24, 2.45) is 0 Å². The molecule has 0 radical (unpaired) electrons. The number of thiol groups is 1. The second kappa shape index (κ2) is 2.55. The molecule has 2 rings (SSSR count). The zero-order chi connectivity index (χ0) is 6.97. The van der Waals surface area contributed by atoms with Gasteiger partial charge in [0.05, 0.1) is 5.01 Å². The van der Waals surface area contributed by atoms with Crippen LogP contribution in [0.5, 0.6) is 0 Å². The fourth-order valence-corrected chi connectivity index (χ4v) is 2.14. The average molecular weight is 171 g/mol. The molecule has 0 N–H and O–H groups in total. The smallest absolute Gasteiger partial charge is 0.0958 e. The Morgan fingerprint density at radius 1 is 1.70 bits per heavy atom. The molecule has 0 aliphatic heterocycles. The van der Waals surface area contributed by atoms with E-state index in [1.54, 1.807) is 0 Å². The molecule has 1 aromatic rings. The van der Waals surface area contributed by atoms with E-state index in [9.17, 15) is 0 Å². The van der Waals surface area contributed by atoms with Crippen LogP contribution < -0.4 is 0 Å². The maximum Gasteiger partial charge on any atom is 0.0958 e. The Morgan fingerprint density at radius 2 is 2.50 bits per heavy atom. The summed E-state index contributed by atoms with van der Waals surface area (Å²) >= 11 is 6.00. The number of rotatable bonds is 2. The summed E-state index contributed by atoms with van der Waals surface area (Å²) in [5, 5.41) is 1.32. The lowest BCUT2D eigenvalue weighted by Gasteiger charge is -1.83. The highest BCUT2D eigenvalue weighted by Crippen LogP contribution is 2.41. The second-order valence-electron chi connectivity index (χ2n) is 2.60. The molecule has 1 aliphatic rings. The van der Waals surface area contributed by atoms with Crippen LogP contribution >= 0.6 is 24.0 Å². The standard InChI is InChI=1S/C7H9NS2/c9-4-6-3-8-7(10-6)5-1-2-5/h3,5,9H,1-2,4H2. The van der Waals surface area contributed by atoms with Gasteiger partial charge in [0.15, 0.2) is 0 Å². The van der Waals surface area contributed by atoms with E-state index in [0.29, 0.717) is 0 Å². The molecule has 54 valence electrons. The fraction of sp³-hybridized carbons (Fsp3) is 0.571. The molecule has 1 aliphatic carbocycles. The molecule has 0 aromatic carbocycles. The van der Waals surface area contributed by atoms with Gasteiger partial charge < -0.3 is 0 Å². The van der Waals surface area contributed by atoms with Crippen LogP contribution in [-0.4, -0.2) is 4.98 Å². The lowest BCUT2D eigenvalue weighted by molar-refractivity contribution is 1.08. The van der Waals surface area contributed by atoms with Crippen molar-refractivity contribution in [3.05, 3.63) is 16.1 Å². The van der Waals surface area contributed by atoms with Gasteiger partial charge in [0, 0.05) is 22.7 Å². The minimum absolute atomic E-state index is 0.804. The lowest BCUT2D eigenvalue weighted by atomic mass is 10.5.